The molecule has 1 saturated heterocycles. The first-order chi connectivity index (χ1) is 12.8. The number of ether oxygens (including phenoxy) is 1. The maximum Gasteiger partial charge on any atom is 0.255 e. The average Bonchev–Trinajstić information content (AvgIpc) is 3.52. The molecule has 2 aliphatic rings. The van der Waals surface area contributed by atoms with Gasteiger partial charge in [-0.25, -0.2) is 0 Å². The highest BCUT2D eigenvalue weighted by atomic mass is 16.5. The van der Waals surface area contributed by atoms with Gasteiger partial charge in [0.2, 0.25) is 0 Å². The molecule has 2 aromatic rings. The lowest BCUT2D eigenvalue weighted by molar-refractivity contribution is -0.0326. The molecule has 2 fully saturated rings. The molecule has 0 bridgehead atoms. The number of hydrogen-bond donors (Lipinski definition) is 0. The first kappa shape index (κ1) is 17.2. The van der Waals surface area contributed by atoms with Crippen LogP contribution in [0.5, 0.6) is 0 Å². The molecular weight excluding hydrogens is 324 g/mol. The Morgan fingerprint density at radius 3 is 2.69 bits per heavy atom. The Labute approximate surface area is 155 Å². The van der Waals surface area contributed by atoms with Crippen LogP contribution in [-0.4, -0.2) is 41.6 Å². The number of likely N-dealkylation sites (tertiary alicyclic amines) is 1. The van der Waals surface area contributed by atoms with E-state index in [9.17, 15) is 4.79 Å². The van der Waals surface area contributed by atoms with Gasteiger partial charge in [-0.1, -0.05) is 30.3 Å². The van der Waals surface area contributed by atoms with E-state index in [0.29, 0.717) is 11.5 Å². The van der Waals surface area contributed by atoms with Gasteiger partial charge in [0.1, 0.15) is 0 Å². The number of aromatic nitrogens is 1. The Morgan fingerprint density at radius 1 is 1.12 bits per heavy atom. The third-order valence-electron chi connectivity index (χ3n) is 5.44. The van der Waals surface area contributed by atoms with Crippen LogP contribution in [0.25, 0.3) is 0 Å². The fourth-order valence-electron chi connectivity index (χ4n) is 3.74. The predicted molar refractivity (Wildman–Crippen MR) is 101 cm³/mol. The number of rotatable bonds is 6. The highest BCUT2D eigenvalue weighted by Gasteiger charge is 2.34. The molecule has 26 heavy (non-hydrogen) atoms. The quantitative estimate of drug-likeness (QED) is 0.800. The Hall–Kier alpha value is -2.20. The monoisotopic (exact) mass is 350 g/mol. The summed E-state index contributed by atoms with van der Waals surface area (Å²) in [6.45, 7) is 2.39. The highest BCUT2D eigenvalue weighted by Crippen LogP contribution is 2.32. The minimum absolute atomic E-state index is 0.0804. The van der Waals surface area contributed by atoms with E-state index in [1.54, 1.807) is 12.4 Å². The van der Waals surface area contributed by atoms with Crippen LogP contribution in [-0.2, 0) is 11.2 Å². The Balaban J connectivity index is 1.45. The maximum absolute atomic E-state index is 12.8. The standard InChI is InChI=1S/C22H26N2O2/c25-22(19-7-4-11-23-14-19)24-12-10-21(26-16-18-8-9-18)20(15-24)13-17-5-2-1-3-6-17/h1-7,11,14,18,20-21H,8-10,12-13,15-16H2/t20-,21+/m0/s1. The summed E-state index contributed by atoms with van der Waals surface area (Å²) in [6.07, 6.45) is 8.08. The van der Waals surface area contributed by atoms with E-state index >= 15 is 0 Å². The summed E-state index contributed by atoms with van der Waals surface area (Å²) in [5.41, 5.74) is 1.98. The van der Waals surface area contributed by atoms with Crippen molar-refractivity contribution in [3.05, 3.63) is 66.0 Å². The van der Waals surface area contributed by atoms with Crippen molar-refractivity contribution < 1.29 is 9.53 Å². The molecule has 1 aliphatic carbocycles. The van der Waals surface area contributed by atoms with E-state index in [-0.39, 0.29) is 12.0 Å². The minimum atomic E-state index is 0.0804. The van der Waals surface area contributed by atoms with Crippen LogP contribution in [0.3, 0.4) is 0 Å². The minimum Gasteiger partial charge on any atom is -0.377 e. The second kappa shape index (κ2) is 8.00. The molecule has 0 spiro atoms. The molecule has 4 heteroatoms. The second-order valence-electron chi connectivity index (χ2n) is 7.55. The first-order valence-corrected chi connectivity index (χ1v) is 9.64. The van der Waals surface area contributed by atoms with Crippen molar-refractivity contribution >= 4 is 5.91 Å². The SMILES string of the molecule is O=C(c1cccnc1)N1CC[C@@H](OCC2CC2)[C@@H](Cc2ccccc2)C1. The Morgan fingerprint density at radius 2 is 1.96 bits per heavy atom. The zero-order valence-electron chi connectivity index (χ0n) is 15.1. The summed E-state index contributed by atoms with van der Waals surface area (Å²) in [5.74, 6) is 1.18. The molecule has 1 aromatic carbocycles. The lowest BCUT2D eigenvalue weighted by atomic mass is 9.88. The second-order valence-corrected chi connectivity index (χ2v) is 7.55. The predicted octanol–water partition coefficient (Wildman–Crippen LogP) is 3.58. The van der Waals surface area contributed by atoms with Crippen LogP contribution in [0.4, 0.5) is 0 Å². The smallest absolute Gasteiger partial charge is 0.255 e. The largest absolute Gasteiger partial charge is 0.377 e. The summed E-state index contributed by atoms with van der Waals surface area (Å²) in [5, 5.41) is 0. The van der Waals surface area contributed by atoms with Crippen molar-refractivity contribution in [2.75, 3.05) is 19.7 Å². The fraction of sp³-hybridized carbons (Fsp3) is 0.455. The average molecular weight is 350 g/mol. The molecule has 1 aromatic heterocycles. The molecule has 1 amide bonds. The third kappa shape index (κ3) is 4.31. The van der Waals surface area contributed by atoms with Crippen LogP contribution in [0.2, 0.25) is 0 Å². The summed E-state index contributed by atoms with van der Waals surface area (Å²) in [6, 6.07) is 14.2. The topological polar surface area (TPSA) is 42.4 Å². The van der Waals surface area contributed by atoms with Crippen LogP contribution in [0.15, 0.2) is 54.9 Å². The normalized spacial score (nSPS) is 23.0. The van der Waals surface area contributed by atoms with Gasteiger partial charge in [0, 0.05) is 38.0 Å². The van der Waals surface area contributed by atoms with Gasteiger partial charge < -0.3 is 9.64 Å². The molecule has 2 heterocycles. The molecule has 1 aliphatic heterocycles. The zero-order chi connectivity index (χ0) is 17.8. The van der Waals surface area contributed by atoms with Gasteiger partial charge in [-0.05, 0) is 49.3 Å². The maximum atomic E-state index is 12.8. The van der Waals surface area contributed by atoms with Crippen molar-refractivity contribution in [2.24, 2.45) is 11.8 Å². The Bertz CT molecular complexity index is 715. The van der Waals surface area contributed by atoms with Crippen molar-refractivity contribution in [3.8, 4) is 0 Å². The van der Waals surface area contributed by atoms with Crippen LogP contribution >= 0.6 is 0 Å². The van der Waals surface area contributed by atoms with Crippen molar-refractivity contribution in [1.82, 2.24) is 9.88 Å². The molecule has 4 nitrogen and oxygen atoms in total. The van der Waals surface area contributed by atoms with Gasteiger partial charge in [0.15, 0.2) is 0 Å². The lowest BCUT2D eigenvalue weighted by Crippen LogP contribution is -2.47. The van der Waals surface area contributed by atoms with Crippen molar-refractivity contribution in [3.63, 3.8) is 0 Å². The van der Waals surface area contributed by atoms with Crippen LogP contribution in [0.1, 0.15) is 35.2 Å². The lowest BCUT2D eigenvalue weighted by Gasteiger charge is -2.38. The van der Waals surface area contributed by atoms with E-state index in [4.69, 9.17) is 4.74 Å². The number of carbonyl (C=O) groups is 1. The molecular formula is C22H26N2O2. The van der Waals surface area contributed by atoms with E-state index in [1.165, 1.54) is 18.4 Å². The molecule has 4 rings (SSSR count). The number of carbonyl (C=O) groups excluding carboxylic acids is 1. The van der Waals surface area contributed by atoms with Crippen molar-refractivity contribution in [1.29, 1.82) is 0 Å². The summed E-state index contributed by atoms with van der Waals surface area (Å²) in [7, 11) is 0. The number of piperidine rings is 1. The fourth-order valence-corrected chi connectivity index (χ4v) is 3.74. The molecule has 0 unspecified atom stereocenters. The molecule has 0 radical (unpaired) electrons. The number of hydrogen-bond acceptors (Lipinski definition) is 3. The summed E-state index contributed by atoms with van der Waals surface area (Å²) >= 11 is 0. The van der Waals surface area contributed by atoms with Gasteiger partial charge in [-0.2, -0.15) is 0 Å². The van der Waals surface area contributed by atoms with Gasteiger partial charge >= 0.3 is 0 Å². The van der Waals surface area contributed by atoms with Crippen LogP contribution < -0.4 is 0 Å². The number of nitrogens with zero attached hydrogens (tertiary/aromatic N) is 2. The van der Waals surface area contributed by atoms with Crippen molar-refractivity contribution in [2.45, 2.75) is 31.8 Å². The summed E-state index contributed by atoms with van der Waals surface area (Å²) in [4.78, 5) is 18.9. The van der Waals surface area contributed by atoms with E-state index < -0.39 is 0 Å². The van der Waals surface area contributed by atoms with Gasteiger partial charge in [0.25, 0.3) is 5.91 Å². The number of benzene rings is 1. The van der Waals surface area contributed by atoms with E-state index in [2.05, 4.69) is 29.2 Å². The van der Waals surface area contributed by atoms with Gasteiger partial charge in [0.05, 0.1) is 11.7 Å². The van der Waals surface area contributed by atoms with E-state index in [1.807, 2.05) is 23.1 Å². The number of amides is 1. The van der Waals surface area contributed by atoms with Crippen LogP contribution in [0, 0.1) is 11.8 Å². The Kier molecular flexibility index (Phi) is 5.30. The molecule has 0 N–H and O–H groups in total. The highest BCUT2D eigenvalue weighted by molar-refractivity contribution is 5.93. The van der Waals surface area contributed by atoms with Gasteiger partial charge in [-0.3, -0.25) is 9.78 Å². The third-order valence-corrected chi connectivity index (χ3v) is 5.44. The summed E-state index contributed by atoms with van der Waals surface area (Å²) < 4.78 is 6.28. The number of pyridine rings is 1. The van der Waals surface area contributed by atoms with E-state index in [0.717, 1.165) is 38.5 Å². The molecule has 2 atom stereocenters. The molecule has 1 saturated carbocycles. The zero-order valence-corrected chi connectivity index (χ0v) is 15.1. The first-order valence-electron chi connectivity index (χ1n) is 9.64. The van der Waals surface area contributed by atoms with Gasteiger partial charge in [-0.15, -0.1) is 0 Å². The molecule has 136 valence electrons.